The van der Waals surface area contributed by atoms with E-state index in [0.717, 1.165) is 57.0 Å². The van der Waals surface area contributed by atoms with E-state index >= 15 is 0 Å². The molecule has 146 heavy (non-hydrogen) atoms. The first kappa shape index (κ1) is 104. The second kappa shape index (κ2) is 58.1. The monoisotopic (exact) mass is 2240 g/mol. The van der Waals surface area contributed by atoms with Crippen LogP contribution in [0.5, 0.6) is 0 Å². The van der Waals surface area contributed by atoms with Crippen LogP contribution in [0.15, 0.2) is 443 Å². The number of aryl methyl sites for hydroxylation is 2. The van der Waals surface area contributed by atoms with Gasteiger partial charge in [-0.15, -0.1) is 46.4 Å². The number of sulfone groups is 2. The first-order valence-electron chi connectivity index (χ1n) is 47.1. The Balaban J connectivity index is 0.000000202. The van der Waals surface area contributed by atoms with E-state index in [4.69, 9.17) is 87.2 Å². The summed E-state index contributed by atoms with van der Waals surface area (Å²) in [4.78, 5) is 17.2. The van der Waals surface area contributed by atoms with Gasteiger partial charge in [0.25, 0.3) is 15.9 Å². The van der Waals surface area contributed by atoms with Gasteiger partial charge in [-0.05, 0) is 112 Å². The molecule has 37 heteroatoms. The summed E-state index contributed by atoms with van der Waals surface area (Å²) >= 11 is 23.7. The fourth-order valence-corrected chi connectivity index (χ4v) is 17.0. The van der Waals surface area contributed by atoms with Crippen molar-refractivity contribution < 1.29 is 120 Å². The Morgan fingerprint density at radius 2 is 0.747 bits per heavy atom. The molecule has 0 saturated heterocycles. The molecule has 761 valence electrons. The molecule has 7 N–H and O–H groups in total. The van der Waals surface area contributed by atoms with Crippen molar-refractivity contribution in [2.45, 2.75) is 81.1 Å². The summed E-state index contributed by atoms with van der Waals surface area (Å²) in [6.45, 7) is 0.767. The van der Waals surface area contributed by atoms with E-state index in [2.05, 4.69) is 43.3 Å². The van der Waals surface area contributed by atoms with Crippen LogP contribution in [0.25, 0.3) is 67.2 Å². The maximum atomic E-state index is 12.8. The number of alkyl halides is 4. The number of carbonyl (C=O) groups is 1. The molecule has 14 aromatic carbocycles. The molecule has 4 heterocycles. The number of ketones is 1. The third-order valence-corrected chi connectivity index (χ3v) is 26.4. The number of hydrogen-bond donors (Lipinski definition) is 5. The van der Waals surface area contributed by atoms with E-state index in [0.29, 0.717) is 85.1 Å². The zero-order valence-corrected chi connectivity index (χ0v) is 86.6. The number of aromatic nitrogens is 3. The predicted octanol–water partition coefficient (Wildman–Crippen LogP) is 23.3. The Kier molecular flexibility index (Phi) is 41.3. The quantitative estimate of drug-likeness (QED) is 0.00518. The standard InChI is InChI=1S/C24H21NO6S2.C17H14ClNO3S.C16H13ClN2O3S.C16H14ClNO2.C14H13NO.C14H12O.C7H7O2S.CH3Cl.Ag.H3NO.O/c1-17-8-12-21(13-9-17)33(28,29)30-16-22-23(18-10-14-20(15-11-18)32(2,26)27)24(25-31-22)19-6-4-3-5-7-19;1-23(20,21)14-9-7-12(8-10-14)16-15(11-18)22-19-17(16)13-5-3-2-4-6-13;17-10-14-15(11-6-8-13(9-7-11)23(18,20)21)16(19-22-14)12-4-2-1-3-5-12;17-11-16(19)14(12-7-3-1-4-8-12)15(18-20-16)13-9-5-2-6-10-13;16-15-14(13-9-5-2-6-10-13)11-12-7-3-1-4-8-12;15-14(13-9-5-2-6-10-13)11-12-7-3-1-4-8-12;1-6-2-4-7(5-3-6)10(8)9;1-2;;1-2;/h3-15H,16H2,1-2H3;2-10H,11H2,1H3;1-9H,10H2,(H2,18,20,21);1-10,14,19H,11H2;1-10,16H,11H2;1-10H,11H2;2-5H,1H3;1H3;;2H,1H2;/q;;;;;;-1;;;;/b;;;;15-14+;;;;;;/i16D2;11D2;10D2;11D2;;;;;;;. The zero-order chi connectivity index (χ0) is 113. The molecule has 27 nitrogen and oxygen atoms in total. The molecule has 0 radical (unpaired) electrons. The molecule has 0 fully saturated rings. The maximum absolute atomic E-state index is 12.8. The Morgan fingerprint density at radius 3 is 1.10 bits per heavy atom. The summed E-state index contributed by atoms with van der Waals surface area (Å²) in [7, 11) is -17.2. The topological polar surface area (TPSA) is 439 Å². The van der Waals surface area contributed by atoms with Crippen LogP contribution >= 0.6 is 46.4 Å². The van der Waals surface area contributed by atoms with Gasteiger partial charge in [0.05, 0.1) is 76.4 Å². The minimum atomic E-state index is -4.51. The third-order valence-electron chi connectivity index (χ3n) is 20.8. The molecule has 17 aromatic rings. The van der Waals surface area contributed by atoms with Crippen LogP contribution in [-0.4, -0.2) is 112 Å². The van der Waals surface area contributed by atoms with E-state index in [1.807, 2.05) is 213 Å². The van der Waals surface area contributed by atoms with Gasteiger partial charge >= 0.3 is 24.3 Å². The number of sulfonamides is 1. The summed E-state index contributed by atoms with van der Waals surface area (Å²) in [5.74, 6) is -7.24. The summed E-state index contributed by atoms with van der Waals surface area (Å²) < 4.78 is 208. The fourth-order valence-electron chi connectivity index (χ4n) is 13.8. The summed E-state index contributed by atoms with van der Waals surface area (Å²) in [6, 6.07) is 114. The Bertz CT molecular complexity index is 7850. The first-order valence-corrected chi connectivity index (χ1v) is 53.4. The van der Waals surface area contributed by atoms with Gasteiger partial charge in [-0.2, -0.15) is 8.42 Å². The van der Waals surface area contributed by atoms with Crippen molar-refractivity contribution in [3.8, 4) is 67.2 Å². The Labute approximate surface area is 893 Å². The average molecular weight is 2250 g/mol. The minimum absolute atomic E-state index is 0.0515. The number of oxime groups is 2. The summed E-state index contributed by atoms with van der Waals surface area (Å²) in [5, 5.41) is 50.6. The van der Waals surface area contributed by atoms with Gasteiger partial charge < -0.3 is 42.3 Å². The van der Waals surface area contributed by atoms with E-state index in [1.54, 1.807) is 143 Å². The van der Waals surface area contributed by atoms with Gasteiger partial charge in [-0.3, -0.25) is 8.98 Å². The molecule has 3 aromatic heterocycles. The molecule has 0 saturated carbocycles. The Hall–Kier alpha value is -13.4. The molecule has 0 aliphatic carbocycles. The number of nitrogens with zero attached hydrogens (tertiary/aromatic N) is 5. The average Bonchev–Trinajstić information content (AvgIpc) is 1.58. The van der Waals surface area contributed by atoms with Crippen molar-refractivity contribution in [1.29, 1.82) is 0 Å². The van der Waals surface area contributed by atoms with Gasteiger partial charge in [0.1, 0.15) is 29.4 Å². The van der Waals surface area contributed by atoms with Crippen molar-refractivity contribution in [3.05, 3.63) is 456 Å². The van der Waals surface area contributed by atoms with E-state index in [1.165, 1.54) is 79.2 Å². The van der Waals surface area contributed by atoms with Gasteiger partial charge in [-0.25, -0.2) is 36.3 Å². The number of benzene rings is 14. The van der Waals surface area contributed by atoms with Gasteiger partial charge in [0.2, 0.25) is 10.0 Å². The number of primary sulfonamides is 1. The number of aliphatic hydroxyl groups is 1. The normalized spacial score (nSPS) is 14.1. The van der Waals surface area contributed by atoms with Gasteiger partial charge in [0.15, 0.2) is 42.7 Å². The number of rotatable bonds is 25. The molecular formula is C109H100AgCl4N7O20S5-. The van der Waals surface area contributed by atoms with Crippen LogP contribution < -0.4 is 11.0 Å². The molecule has 2 atom stereocenters. The fraction of sp³-hybridized carbons (Fsp3) is 0.119. The van der Waals surface area contributed by atoms with Crippen LogP contribution in [0.2, 0.25) is 0 Å². The first-order chi connectivity index (χ1) is 73.1. The van der Waals surface area contributed by atoms with Crippen molar-refractivity contribution >= 4 is 114 Å². The number of Topliss-reactive ketones (excluding diaryl/α,β-unsaturated/α-hetero) is 1. The molecule has 1 aliphatic rings. The van der Waals surface area contributed by atoms with E-state index in [9.17, 15) is 52.0 Å². The molecule has 18 rings (SSSR count). The van der Waals surface area contributed by atoms with Crippen LogP contribution in [-0.2, 0) is 123 Å². The van der Waals surface area contributed by atoms with Crippen LogP contribution in [0.4, 0.5) is 0 Å². The van der Waals surface area contributed by atoms with Gasteiger partial charge in [0, 0.05) is 59.6 Å². The Morgan fingerprint density at radius 1 is 0.432 bits per heavy atom. The number of nitrogens with two attached hydrogens (primary N) is 2. The molecule has 1 aliphatic heterocycles. The summed E-state index contributed by atoms with van der Waals surface area (Å²) in [5.41, 5.74) is 13.8. The number of hydrogen-bond acceptors (Lipinski definition) is 27. The number of carbonyl (C=O) groups excluding carboxylic acids is 1. The van der Waals surface area contributed by atoms with Crippen molar-refractivity contribution in [1.82, 2.24) is 15.5 Å². The van der Waals surface area contributed by atoms with Crippen molar-refractivity contribution in [2.75, 3.05) is 24.7 Å². The second-order valence-electron chi connectivity index (χ2n) is 30.8. The third kappa shape index (κ3) is 33.8. The summed E-state index contributed by atoms with van der Waals surface area (Å²) in [6.07, 6.45) is 4.79. The molecule has 0 spiro atoms. The zero-order valence-electron chi connectivity index (χ0n) is 86.0. The SMILES string of the molecule is CCl.Cc1ccc([S-](=O)=O)cc1.NO.O/N=C(\Cc1ccccc1)c1ccccc1.O=C(Cc1ccccc1)c1ccccc1.[2H]C([2H])(Cl)C1(O)ON=C(c2ccccc2)C1c1ccccc1.[2H]C([2H])(Cl)c1onc(-c2ccccc2)c1-c1ccc(S(C)(=O)=O)cc1.[2H]C([2H])(Cl)c1onc(-c2ccccc2)c1-c1ccc(S(N)(=O)=O)cc1.[2H]C([2H])(OS(=O)(=O)c1ccc(C)cc1)c1onc(-c2ccccc2)c1-c1ccc(S(C)(=O)=O)cc1.[O]=[Ag]. The number of halogens is 4. The molecule has 2 unspecified atom stereocenters. The van der Waals surface area contributed by atoms with Crippen LogP contribution in [0.3, 0.4) is 0 Å². The molecule has 0 amide bonds. The van der Waals surface area contributed by atoms with Crippen LogP contribution in [0, 0.1) is 13.8 Å². The van der Waals surface area contributed by atoms with Gasteiger partial charge in [-0.1, -0.05) is 388 Å². The van der Waals surface area contributed by atoms with E-state index in [-0.39, 0.29) is 48.1 Å². The predicted molar refractivity (Wildman–Crippen MR) is 563 cm³/mol. The van der Waals surface area contributed by atoms with E-state index < -0.39 is 92.0 Å². The van der Waals surface area contributed by atoms with Crippen molar-refractivity contribution in [2.24, 2.45) is 21.3 Å². The molecule has 0 bridgehead atoms. The van der Waals surface area contributed by atoms with Crippen molar-refractivity contribution in [3.63, 3.8) is 0 Å². The van der Waals surface area contributed by atoms with Crippen LogP contribution in [0.1, 0.15) is 83.5 Å². The molecular weight excluding hydrogens is 2140 g/mol. The second-order valence-corrected chi connectivity index (χ2v) is 39.4.